The number of benzene rings is 1. The van der Waals surface area contributed by atoms with Crippen molar-refractivity contribution in [1.82, 2.24) is 10.6 Å². The Kier molecular flexibility index (Phi) is 7.05. The molecule has 1 amide bonds. The summed E-state index contributed by atoms with van der Waals surface area (Å²) in [4.78, 5) is 17.5. The smallest absolute Gasteiger partial charge is 0.243 e. The normalized spacial score (nSPS) is 12.1. The van der Waals surface area contributed by atoms with Crippen molar-refractivity contribution in [2.75, 3.05) is 25.5 Å². The number of carbonyl (C=O) groups excluding carboxylic acids is 1. The van der Waals surface area contributed by atoms with Gasteiger partial charge >= 0.3 is 0 Å². The summed E-state index contributed by atoms with van der Waals surface area (Å²) >= 11 is 1.73. The summed E-state index contributed by atoms with van der Waals surface area (Å²) in [5, 5.41) is 11.1. The highest BCUT2D eigenvalue weighted by atomic mass is 32.1. The van der Waals surface area contributed by atoms with Crippen molar-refractivity contribution in [3.63, 3.8) is 0 Å². The van der Waals surface area contributed by atoms with Gasteiger partial charge in [-0.25, -0.2) is 0 Å². The lowest BCUT2D eigenvalue weighted by molar-refractivity contribution is -0.115. The molecule has 0 saturated carbocycles. The van der Waals surface area contributed by atoms with E-state index in [1.54, 1.807) is 30.5 Å². The number of amides is 1. The molecule has 1 unspecified atom stereocenters. The van der Waals surface area contributed by atoms with Gasteiger partial charge in [0.2, 0.25) is 5.91 Å². The number of carbonyl (C=O) groups is 1. The zero-order valence-corrected chi connectivity index (χ0v) is 15.2. The van der Waals surface area contributed by atoms with Crippen molar-refractivity contribution >= 4 is 28.9 Å². The van der Waals surface area contributed by atoms with E-state index in [0.717, 1.165) is 12.1 Å². The number of rotatable bonds is 6. The summed E-state index contributed by atoms with van der Waals surface area (Å²) in [7, 11) is 1.68. The zero-order valence-electron chi connectivity index (χ0n) is 14.4. The highest BCUT2D eigenvalue weighted by molar-refractivity contribution is 7.10. The number of hydrogen-bond donors (Lipinski definition) is 3. The molecule has 0 fully saturated rings. The number of terminal acetylenes is 1. The molecular weight excluding hydrogens is 332 g/mol. The molecule has 1 heterocycles. The topological polar surface area (TPSA) is 65.5 Å². The summed E-state index contributed by atoms with van der Waals surface area (Å²) < 4.78 is 0. The summed E-state index contributed by atoms with van der Waals surface area (Å²) in [6.07, 6.45) is 5.36. The molecule has 5 nitrogen and oxygen atoms in total. The standard InChI is InChI=1S/C19H22N4OS/c1-4-15-7-5-8-16(11-15)23-18(24)13-22-19(20-3)21-12-14(2)17-9-6-10-25-17/h1,5-11,14H,12-13H2,2-3H3,(H,23,24)(H2,20,21,22). The third-order valence-electron chi connectivity index (χ3n) is 3.56. The van der Waals surface area contributed by atoms with Gasteiger partial charge in [0.25, 0.3) is 0 Å². The van der Waals surface area contributed by atoms with Crippen LogP contribution in [-0.4, -0.2) is 32.0 Å². The molecule has 130 valence electrons. The van der Waals surface area contributed by atoms with Gasteiger partial charge in [-0.2, -0.15) is 0 Å². The van der Waals surface area contributed by atoms with Crippen molar-refractivity contribution < 1.29 is 4.79 Å². The van der Waals surface area contributed by atoms with E-state index in [-0.39, 0.29) is 12.5 Å². The van der Waals surface area contributed by atoms with E-state index in [1.165, 1.54) is 4.88 Å². The molecule has 0 bridgehead atoms. The first-order valence-corrected chi connectivity index (χ1v) is 8.84. The van der Waals surface area contributed by atoms with Crippen molar-refractivity contribution in [3.05, 3.63) is 52.2 Å². The third-order valence-corrected chi connectivity index (χ3v) is 4.66. The van der Waals surface area contributed by atoms with Gasteiger partial charge in [-0.3, -0.25) is 9.79 Å². The van der Waals surface area contributed by atoms with E-state index >= 15 is 0 Å². The van der Waals surface area contributed by atoms with Crippen LogP contribution in [-0.2, 0) is 4.79 Å². The first-order chi connectivity index (χ1) is 12.1. The van der Waals surface area contributed by atoms with Crippen molar-refractivity contribution in [3.8, 4) is 12.3 Å². The second-order valence-corrected chi connectivity index (χ2v) is 6.48. The van der Waals surface area contributed by atoms with Crippen LogP contribution < -0.4 is 16.0 Å². The van der Waals surface area contributed by atoms with Crippen LogP contribution in [0.5, 0.6) is 0 Å². The highest BCUT2D eigenvalue weighted by Gasteiger charge is 2.09. The SMILES string of the molecule is C#Cc1cccc(NC(=O)CNC(=NC)NCC(C)c2cccs2)c1. The van der Waals surface area contributed by atoms with Crippen LogP contribution in [0.25, 0.3) is 0 Å². The molecule has 0 aliphatic rings. The second-order valence-electron chi connectivity index (χ2n) is 5.50. The molecule has 2 aromatic rings. The Morgan fingerprint density at radius 3 is 2.84 bits per heavy atom. The molecule has 1 aromatic carbocycles. The van der Waals surface area contributed by atoms with E-state index < -0.39 is 0 Å². The lowest BCUT2D eigenvalue weighted by Gasteiger charge is -2.15. The average molecular weight is 354 g/mol. The number of guanidine groups is 1. The Balaban J connectivity index is 1.78. The molecule has 3 N–H and O–H groups in total. The van der Waals surface area contributed by atoms with Crippen LogP contribution in [0.15, 0.2) is 46.8 Å². The van der Waals surface area contributed by atoms with E-state index in [4.69, 9.17) is 6.42 Å². The quantitative estimate of drug-likeness (QED) is 0.424. The largest absolute Gasteiger partial charge is 0.356 e. The lowest BCUT2D eigenvalue weighted by atomic mass is 10.1. The fourth-order valence-corrected chi connectivity index (χ4v) is 2.99. The fourth-order valence-electron chi connectivity index (χ4n) is 2.20. The van der Waals surface area contributed by atoms with Crippen molar-refractivity contribution in [1.29, 1.82) is 0 Å². The highest BCUT2D eigenvalue weighted by Crippen LogP contribution is 2.19. The van der Waals surface area contributed by atoms with Crippen LogP contribution in [0.3, 0.4) is 0 Å². The van der Waals surface area contributed by atoms with Gasteiger partial charge < -0.3 is 16.0 Å². The summed E-state index contributed by atoms with van der Waals surface area (Å²) in [5.74, 6) is 3.35. The lowest BCUT2D eigenvalue weighted by Crippen LogP contribution is -2.42. The number of nitrogens with one attached hydrogen (secondary N) is 3. The van der Waals surface area contributed by atoms with E-state index in [2.05, 4.69) is 45.2 Å². The van der Waals surface area contributed by atoms with E-state index in [0.29, 0.717) is 17.6 Å². The first-order valence-electron chi connectivity index (χ1n) is 7.97. The van der Waals surface area contributed by atoms with Gasteiger partial charge in [-0.05, 0) is 29.6 Å². The van der Waals surface area contributed by atoms with Gasteiger partial charge in [-0.1, -0.05) is 25.0 Å². The Bertz CT molecular complexity index is 762. The molecule has 1 atom stereocenters. The zero-order chi connectivity index (χ0) is 18.1. The molecule has 0 saturated heterocycles. The van der Waals surface area contributed by atoms with Crippen LogP contribution in [0.4, 0.5) is 5.69 Å². The predicted octanol–water partition coefficient (Wildman–Crippen LogP) is 2.64. The van der Waals surface area contributed by atoms with E-state index in [1.807, 2.05) is 18.2 Å². The third kappa shape index (κ3) is 5.98. The fraction of sp³-hybridized carbons (Fsp3) is 0.263. The number of hydrogen-bond acceptors (Lipinski definition) is 3. The van der Waals surface area contributed by atoms with Gasteiger partial charge in [0.15, 0.2) is 5.96 Å². The number of aliphatic imine (C=N–C) groups is 1. The Morgan fingerprint density at radius 2 is 2.16 bits per heavy atom. The summed E-state index contributed by atoms with van der Waals surface area (Å²) in [6.45, 7) is 3.01. The minimum Gasteiger partial charge on any atom is -0.356 e. The van der Waals surface area contributed by atoms with Crippen molar-refractivity contribution in [2.45, 2.75) is 12.8 Å². The van der Waals surface area contributed by atoms with Gasteiger partial charge in [0.05, 0.1) is 6.54 Å². The van der Waals surface area contributed by atoms with Gasteiger partial charge in [0.1, 0.15) is 0 Å². The van der Waals surface area contributed by atoms with Crippen LogP contribution >= 0.6 is 11.3 Å². The monoisotopic (exact) mass is 354 g/mol. The Labute approximate surface area is 152 Å². The molecule has 1 aromatic heterocycles. The molecule has 0 radical (unpaired) electrons. The number of thiophene rings is 1. The Hall–Kier alpha value is -2.78. The number of anilines is 1. The van der Waals surface area contributed by atoms with Gasteiger partial charge in [-0.15, -0.1) is 17.8 Å². The molecular formula is C19H22N4OS. The molecule has 0 aliphatic heterocycles. The molecule has 2 rings (SSSR count). The maximum Gasteiger partial charge on any atom is 0.243 e. The minimum atomic E-state index is -0.163. The summed E-state index contributed by atoms with van der Waals surface area (Å²) in [6, 6.07) is 11.3. The summed E-state index contributed by atoms with van der Waals surface area (Å²) in [5.41, 5.74) is 1.40. The number of nitrogens with zero attached hydrogens (tertiary/aromatic N) is 1. The molecule has 25 heavy (non-hydrogen) atoms. The van der Waals surface area contributed by atoms with Crippen LogP contribution in [0.2, 0.25) is 0 Å². The van der Waals surface area contributed by atoms with Crippen LogP contribution in [0, 0.1) is 12.3 Å². The minimum absolute atomic E-state index is 0.118. The molecule has 6 heteroatoms. The van der Waals surface area contributed by atoms with Crippen LogP contribution in [0.1, 0.15) is 23.3 Å². The molecule has 0 spiro atoms. The maximum atomic E-state index is 12.1. The average Bonchev–Trinajstić information content (AvgIpc) is 3.16. The van der Waals surface area contributed by atoms with Crippen molar-refractivity contribution in [2.24, 2.45) is 4.99 Å². The Morgan fingerprint density at radius 1 is 1.32 bits per heavy atom. The molecule has 0 aliphatic carbocycles. The second kappa shape index (κ2) is 9.50. The van der Waals surface area contributed by atoms with Gasteiger partial charge in [0, 0.05) is 35.6 Å². The predicted molar refractivity (Wildman–Crippen MR) is 105 cm³/mol. The maximum absolute atomic E-state index is 12.1. The van der Waals surface area contributed by atoms with E-state index in [9.17, 15) is 4.79 Å². The first kappa shape index (κ1) is 18.6.